The maximum absolute atomic E-state index is 13.4. The molecule has 1 N–H and O–H groups in total. The van der Waals surface area contributed by atoms with E-state index >= 15 is 0 Å². The van der Waals surface area contributed by atoms with Crippen molar-refractivity contribution < 1.29 is 31.8 Å². The van der Waals surface area contributed by atoms with Crippen LogP contribution >= 0.6 is 27.7 Å². The van der Waals surface area contributed by atoms with Crippen LogP contribution in [0, 0.1) is 0 Å². The van der Waals surface area contributed by atoms with Crippen molar-refractivity contribution in [2.75, 3.05) is 12.9 Å². The summed E-state index contributed by atoms with van der Waals surface area (Å²) in [4.78, 5) is 12.4. The van der Waals surface area contributed by atoms with Crippen LogP contribution in [-0.2, 0) is 24.5 Å². The topological polar surface area (TPSA) is 108 Å². The Morgan fingerprint density at radius 3 is 2.56 bits per heavy atom. The molecule has 16 heteroatoms. The molecule has 0 unspecified atom stereocenters. The maximum atomic E-state index is 13.4. The zero-order valence-corrected chi connectivity index (χ0v) is 25.3. The third-order valence-electron chi connectivity index (χ3n) is 5.93. The van der Waals surface area contributed by atoms with Gasteiger partial charge in [-0.25, -0.2) is 23.0 Å². The quantitative estimate of drug-likeness (QED) is 0.0751. The number of hydrogen-bond donors (Lipinski definition) is 1. The van der Waals surface area contributed by atoms with E-state index in [1.807, 2.05) is 30.3 Å². The van der Waals surface area contributed by atoms with E-state index in [4.69, 9.17) is 9.47 Å². The highest BCUT2D eigenvalue weighted by atomic mass is 79.9. The van der Waals surface area contributed by atoms with Crippen molar-refractivity contribution in [3.63, 3.8) is 0 Å². The molecule has 43 heavy (non-hydrogen) atoms. The molecule has 4 aromatic rings. The molecule has 2 heterocycles. The molecule has 0 fully saturated rings. The number of methoxy groups -OCH3 is 1. The molecule has 0 aliphatic rings. The summed E-state index contributed by atoms with van der Waals surface area (Å²) in [7, 11) is 1.56. The number of amides is 1. The fourth-order valence-corrected chi connectivity index (χ4v) is 4.96. The summed E-state index contributed by atoms with van der Waals surface area (Å²) in [5.74, 6) is 1.08. The van der Waals surface area contributed by atoms with Crippen LogP contribution in [0.4, 0.5) is 17.6 Å². The first-order chi connectivity index (χ1) is 20.7. The Balaban J connectivity index is 1.34. The largest absolute Gasteiger partial charge is 0.496 e. The summed E-state index contributed by atoms with van der Waals surface area (Å²) in [6.45, 7) is 2.09. The van der Waals surface area contributed by atoms with Gasteiger partial charge in [0.05, 0.1) is 19.1 Å². The fraction of sp³-hybridized carbons (Fsp3) is 0.296. The van der Waals surface area contributed by atoms with Crippen molar-refractivity contribution in [1.29, 1.82) is 0 Å². The van der Waals surface area contributed by atoms with Crippen molar-refractivity contribution in [2.45, 2.75) is 44.6 Å². The molecule has 0 aliphatic carbocycles. The van der Waals surface area contributed by atoms with Gasteiger partial charge in [0.1, 0.15) is 36.0 Å². The van der Waals surface area contributed by atoms with Crippen LogP contribution < -0.4 is 14.9 Å². The van der Waals surface area contributed by atoms with Crippen LogP contribution in [-0.4, -0.2) is 49.5 Å². The fourth-order valence-electron chi connectivity index (χ4n) is 3.88. The average Bonchev–Trinajstić information content (AvgIpc) is 3.60. The highest BCUT2D eigenvalue weighted by Gasteiger charge is 2.23. The molecule has 0 bridgehead atoms. The normalized spacial score (nSPS) is 11.6. The maximum Gasteiger partial charge on any atom is 0.282 e. The van der Waals surface area contributed by atoms with Crippen molar-refractivity contribution in [3.05, 3.63) is 81.3 Å². The zero-order chi connectivity index (χ0) is 30.9. The molecular weight excluding hydrogens is 658 g/mol. The number of rotatable bonds is 14. The number of nitrogens with zero attached hydrogens (tertiary/aromatic N) is 6. The predicted molar refractivity (Wildman–Crippen MR) is 155 cm³/mol. The van der Waals surface area contributed by atoms with Crippen LogP contribution in [0.25, 0.3) is 0 Å². The highest BCUT2D eigenvalue weighted by Crippen LogP contribution is 2.27. The number of nitrogens with one attached hydrogen (secondary N) is 1. The summed E-state index contributed by atoms with van der Waals surface area (Å²) in [5, 5.41) is 16.0. The van der Waals surface area contributed by atoms with Gasteiger partial charge in [0.2, 0.25) is 0 Å². The minimum absolute atomic E-state index is 0.0655. The third-order valence-corrected chi connectivity index (χ3v) is 7.42. The average molecular weight is 685 g/mol. The highest BCUT2D eigenvalue weighted by molar-refractivity contribution is 9.10. The second kappa shape index (κ2) is 15.0. The first-order valence-corrected chi connectivity index (χ1v) is 14.5. The second-order valence-electron chi connectivity index (χ2n) is 8.79. The van der Waals surface area contributed by atoms with Crippen molar-refractivity contribution >= 4 is 39.8 Å². The molecule has 0 spiro atoms. The number of thioether (sulfide) groups is 1. The molecule has 0 aliphatic heterocycles. The van der Waals surface area contributed by atoms with E-state index in [-0.39, 0.29) is 24.7 Å². The van der Waals surface area contributed by atoms with Crippen LogP contribution in [0.1, 0.15) is 48.1 Å². The number of hydrazone groups is 1. The zero-order valence-electron chi connectivity index (χ0n) is 22.9. The first-order valence-electron chi connectivity index (χ1n) is 12.7. The first kappa shape index (κ1) is 32.0. The molecule has 1 amide bonds. The smallest absolute Gasteiger partial charge is 0.282 e. The summed E-state index contributed by atoms with van der Waals surface area (Å²) < 4.78 is 67.3. The lowest BCUT2D eigenvalue weighted by atomic mass is 10.1. The van der Waals surface area contributed by atoms with Crippen molar-refractivity contribution in [1.82, 2.24) is 30.0 Å². The summed E-state index contributed by atoms with van der Waals surface area (Å²) in [6.07, 6.45) is -4.50. The Morgan fingerprint density at radius 2 is 1.88 bits per heavy atom. The molecule has 4 rings (SSSR count). The lowest BCUT2D eigenvalue weighted by Gasteiger charge is -2.11. The summed E-state index contributed by atoms with van der Waals surface area (Å²) >= 11 is 4.45. The number of hydrogen-bond acceptors (Lipinski definition) is 8. The molecule has 10 nitrogen and oxygen atoms in total. The predicted octanol–water partition coefficient (Wildman–Crippen LogP) is 6.01. The molecule has 2 aromatic heterocycles. The number of carbonyl (C=O) groups is 1. The van der Waals surface area contributed by atoms with Gasteiger partial charge >= 0.3 is 0 Å². The Hall–Kier alpha value is -3.92. The van der Waals surface area contributed by atoms with E-state index in [1.54, 1.807) is 30.7 Å². The van der Waals surface area contributed by atoms with Gasteiger partial charge in [0.25, 0.3) is 18.8 Å². The summed E-state index contributed by atoms with van der Waals surface area (Å²) in [6, 6.07) is 13.5. The lowest BCUT2D eigenvalue weighted by molar-refractivity contribution is -0.118. The third kappa shape index (κ3) is 8.56. The van der Waals surface area contributed by atoms with Gasteiger partial charge in [0, 0.05) is 16.6 Å². The Labute approximate surface area is 256 Å². The van der Waals surface area contributed by atoms with Gasteiger partial charge in [-0.15, -0.1) is 10.2 Å². The number of ether oxygens (including phenoxy) is 2. The van der Waals surface area contributed by atoms with Crippen LogP contribution in [0.15, 0.2) is 63.3 Å². The van der Waals surface area contributed by atoms with Crippen LogP contribution in [0.2, 0.25) is 0 Å². The van der Waals surface area contributed by atoms with Crippen molar-refractivity contribution in [2.24, 2.45) is 5.10 Å². The monoisotopic (exact) mass is 683 g/mol. The minimum atomic E-state index is -2.99. The van der Waals surface area contributed by atoms with Gasteiger partial charge in [0.15, 0.2) is 11.0 Å². The number of alkyl halides is 4. The van der Waals surface area contributed by atoms with E-state index in [0.717, 1.165) is 26.5 Å². The standard InChI is InChI=1S/C27H26BrF4N7O3S/c1-3-38-23(13-39-21(26(31)32)11-20(37-39)25(29)30)34-36-27(38)43-15-24(40)35-33-12-16-4-9-22(41-2)17(10-16)14-42-19-7-5-18(28)6-8-19/h4-12,25-26H,3,13-15H2,1-2H3,(H,35,40)/b33-12-. The van der Waals surface area contributed by atoms with Gasteiger partial charge in [-0.1, -0.05) is 27.7 Å². The molecule has 0 saturated heterocycles. The SMILES string of the molecule is CCn1c(Cn2nc(C(F)F)cc2C(F)F)nnc1SCC(=O)N/N=C\c1ccc(OC)c(COc2ccc(Br)cc2)c1. The van der Waals surface area contributed by atoms with E-state index < -0.39 is 30.1 Å². The van der Waals surface area contributed by atoms with E-state index in [9.17, 15) is 22.4 Å². The van der Waals surface area contributed by atoms with Gasteiger partial charge < -0.3 is 14.0 Å². The van der Waals surface area contributed by atoms with Gasteiger partial charge in [-0.2, -0.15) is 10.2 Å². The van der Waals surface area contributed by atoms with Crippen molar-refractivity contribution in [3.8, 4) is 11.5 Å². The number of halogens is 5. The van der Waals surface area contributed by atoms with E-state index in [0.29, 0.717) is 34.8 Å². The lowest BCUT2D eigenvalue weighted by Crippen LogP contribution is -2.20. The molecule has 0 atom stereocenters. The molecule has 0 saturated carbocycles. The Morgan fingerprint density at radius 1 is 1.12 bits per heavy atom. The molecular formula is C27H26BrF4N7O3S. The Kier molecular flexibility index (Phi) is 11.2. The summed E-state index contributed by atoms with van der Waals surface area (Å²) in [5.41, 5.74) is 2.54. The Bertz CT molecular complexity index is 1560. The molecule has 228 valence electrons. The van der Waals surface area contributed by atoms with Gasteiger partial charge in [-0.3, -0.25) is 9.48 Å². The molecule has 2 aromatic carbocycles. The number of carbonyl (C=O) groups excluding carboxylic acids is 1. The van der Waals surface area contributed by atoms with E-state index in [1.165, 1.54) is 6.21 Å². The van der Waals surface area contributed by atoms with Gasteiger partial charge in [-0.05, 0) is 61.0 Å². The van der Waals surface area contributed by atoms with Crippen LogP contribution in [0.5, 0.6) is 11.5 Å². The number of aromatic nitrogens is 5. The second-order valence-corrected chi connectivity index (χ2v) is 10.7. The number of benzene rings is 2. The van der Waals surface area contributed by atoms with Crippen LogP contribution in [0.3, 0.4) is 0 Å². The van der Waals surface area contributed by atoms with E-state index in [2.05, 4.69) is 41.8 Å². The minimum Gasteiger partial charge on any atom is -0.496 e. The molecule has 0 radical (unpaired) electrons.